The Kier molecular flexibility index (Phi) is 1.38. The lowest BCUT2D eigenvalue weighted by Gasteiger charge is -2.16. The van der Waals surface area contributed by atoms with Crippen LogP contribution in [0.1, 0.15) is 0 Å². The molecule has 0 amide bonds. The lowest BCUT2D eigenvalue weighted by molar-refractivity contribution is 0.0135. The average Bonchev–Trinajstić information content (AvgIpc) is 1.80. The van der Waals surface area contributed by atoms with E-state index in [0.717, 1.165) is 0 Å². The predicted octanol–water partition coefficient (Wildman–Crippen LogP) is 1.00. The molecule has 1 unspecified atom stereocenters. The summed E-state index contributed by atoms with van der Waals surface area (Å²) < 4.78 is 20.6. The van der Waals surface area contributed by atoms with Crippen LogP contribution in [0.25, 0.3) is 0 Å². The topological polar surface area (TPSA) is 35.5 Å². The second kappa shape index (κ2) is 2.05. The second-order valence-electron chi connectivity index (χ2n) is 1.60. The third-order valence-electron chi connectivity index (χ3n) is 0.911. The van der Waals surface area contributed by atoms with Crippen LogP contribution in [0.2, 0.25) is 0 Å². The van der Waals surface area contributed by atoms with Crippen molar-refractivity contribution in [2.75, 3.05) is 6.61 Å². The van der Waals surface area contributed by atoms with Crippen molar-refractivity contribution in [2.24, 2.45) is 0 Å². The third-order valence-corrected chi connectivity index (χ3v) is 0.911. The van der Waals surface area contributed by atoms with Crippen LogP contribution in [0, 0.1) is 0 Å². The van der Waals surface area contributed by atoms with Gasteiger partial charge in [0.1, 0.15) is 12.4 Å². The van der Waals surface area contributed by atoms with Crippen molar-refractivity contribution in [3.05, 3.63) is 12.3 Å². The van der Waals surface area contributed by atoms with E-state index in [2.05, 4.69) is 16.1 Å². The van der Waals surface area contributed by atoms with Crippen molar-refractivity contribution in [1.29, 1.82) is 0 Å². The molecule has 1 aliphatic rings. The number of hydrogen-bond donors (Lipinski definition) is 0. The maximum Gasteiger partial charge on any atom is 0.513 e. The summed E-state index contributed by atoms with van der Waals surface area (Å²) >= 11 is 0. The first-order valence-electron chi connectivity index (χ1n) is 2.37. The Balaban J connectivity index is 2.54. The normalized spacial score (nSPS) is 27.0. The molecule has 0 aromatic rings. The number of hydrogen-bond acceptors (Lipinski definition) is 3. The van der Waals surface area contributed by atoms with Crippen molar-refractivity contribution in [2.45, 2.75) is 6.17 Å². The van der Waals surface area contributed by atoms with Gasteiger partial charge in [0.2, 0.25) is 0 Å². The number of alkyl halides is 1. The van der Waals surface area contributed by atoms with E-state index in [4.69, 9.17) is 0 Å². The minimum atomic E-state index is -1.37. The van der Waals surface area contributed by atoms with E-state index < -0.39 is 12.3 Å². The minimum Gasteiger partial charge on any atom is -0.430 e. The number of carbonyl (C=O) groups excluding carboxylic acids is 1. The monoisotopic (exact) mass is 132 g/mol. The van der Waals surface area contributed by atoms with Crippen LogP contribution in [0.5, 0.6) is 0 Å². The number of halogens is 1. The molecule has 9 heavy (non-hydrogen) atoms. The fraction of sp³-hybridized carbons (Fsp3) is 0.400. The smallest absolute Gasteiger partial charge is 0.430 e. The van der Waals surface area contributed by atoms with E-state index in [1.165, 1.54) is 0 Å². The maximum atomic E-state index is 12.2. The molecule has 1 rings (SSSR count). The summed E-state index contributed by atoms with van der Waals surface area (Å²) in [5.41, 5.74) is 0. The molecular weight excluding hydrogens is 127 g/mol. The van der Waals surface area contributed by atoms with E-state index in [1.54, 1.807) is 0 Å². The highest BCUT2D eigenvalue weighted by Crippen LogP contribution is 2.13. The van der Waals surface area contributed by atoms with Crippen molar-refractivity contribution in [1.82, 2.24) is 0 Å². The molecule has 1 aliphatic heterocycles. The second-order valence-corrected chi connectivity index (χ2v) is 1.60. The Morgan fingerprint density at radius 1 is 1.78 bits per heavy atom. The number of cyclic esters (lactones) is 2. The predicted molar refractivity (Wildman–Crippen MR) is 26.5 cm³/mol. The molecule has 0 N–H and O–H groups in total. The van der Waals surface area contributed by atoms with Gasteiger partial charge in [0.15, 0.2) is 6.17 Å². The third kappa shape index (κ3) is 1.19. The summed E-state index contributed by atoms with van der Waals surface area (Å²) in [4.78, 5) is 10.1. The van der Waals surface area contributed by atoms with Gasteiger partial charge in [0.05, 0.1) is 0 Å². The largest absolute Gasteiger partial charge is 0.513 e. The first-order valence-corrected chi connectivity index (χ1v) is 2.37. The van der Waals surface area contributed by atoms with Crippen molar-refractivity contribution >= 4 is 6.16 Å². The Hall–Kier alpha value is -1.06. The first-order chi connectivity index (χ1) is 4.20. The van der Waals surface area contributed by atoms with Crippen LogP contribution in [-0.2, 0) is 9.47 Å². The number of carbonyl (C=O) groups is 1. The highest BCUT2D eigenvalue weighted by molar-refractivity contribution is 5.62. The molecule has 1 heterocycles. The Labute approximate surface area is 51.1 Å². The van der Waals surface area contributed by atoms with E-state index in [9.17, 15) is 9.18 Å². The summed E-state index contributed by atoms with van der Waals surface area (Å²) in [7, 11) is 0. The van der Waals surface area contributed by atoms with Crippen LogP contribution >= 0.6 is 0 Å². The molecule has 4 heteroatoms. The molecule has 0 saturated carbocycles. The highest BCUT2D eigenvalue weighted by Gasteiger charge is 2.24. The zero-order valence-electron chi connectivity index (χ0n) is 4.59. The molecule has 0 spiro atoms. The molecule has 0 aromatic heterocycles. The zero-order chi connectivity index (χ0) is 6.85. The molecule has 3 nitrogen and oxygen atoms in total. The molecule has 1 fully saturated rings. The number of ether oxygens (including phenoxy) is 2. The summed E-state index contributed by atoms with van der Waals surface area (Å²) in [5.74, 6) is -0.175. The van der Waals surface area contributed by atoms with Crippen molar-refractivity contribution in [3.63, 3.8) is 0 Å². The average molecular weight is 132 g/mol. The van der Waals surface area contributed by atoms with Gasteiger partial charge in [-0.2, -0.15) is 0 Å². The quantitative estimate of drug-likeness (QED) is 0.461. The molecule has 1 atom stereocenters. The van der Waals surface area contributed by atoms with Crippen LogP contribution < -0.4 is 0 Å². The Morgan fingerprint density at radius 3 is 2.89 bits per heavy atom. The first kappa shape index (κ1) is 6.07. The summed E-state index contributed by atoms with van der Waals surface area (Å²) in [6, 6.07) is 0. The van der Waals surface area contributed by atoms with Gasteiger partial charge in [-0.15, -0.1) is 0 Å². The van der Waals surface area contributed by atoms with Crippen LogP contribution in [-0.4, -0.2) is 18.9 Å². The fourth-order valence-corrected chi connectivity index (χ4v) is 0.435. The van der Waals surface area contributed by atoms with Crippen LogP contribution in [0.15, 0.2) is 12.3 Å². The SMILES string of the molecule is C=C1OC(=O)OCC1F. The van der Waals surface area contributed by atoms with Gasteiger partial charge < -0.3 is 9.47 Å². The van der Waals surface area contributed by atoms with E-state index >= 15 is 0 Å². The molecular formula is C5H5FO3. The molecule has 50 valence electrons. The van der Waals surface area contributed by atoms with E-state index in [1.807, 2.05) is 0 Å². The van der Waals surface area contributed by atoms with Crippen molar-refractivity contribution < 1.29 is 18.7 Å². The maximum absolute atomic E-state index is 12.2. The Morgan fingerprint density at radius 2 is 2.44 bits per heavy atom. The lowest BCUT2D eigenvalue weighted by Crippen LogP contribution is -2.25. The van der Waals surface area contributed by atoms with Gasteiger partial charge in [0, 0.05) is 0 Å². The number of rotatable bonds is 0. The van der Waals surface area contributed by atoms with Crippen LogP contribution in [0.3, 0.4) is 0 Å². The van der Waals surface area contributed by atoms with Gasteiger partial charge >= 0.3 is 6.16 Å². The van der Waals surface area contributed by atoms with Crippen molar-refractivity contribution in [3.8, 4) is 0 Å². The van der Waals surface area contributed by atoms with E-state index in [-0.39, 0.29) is 12.4 Å². The summed E-state index contributed by atoms with van der Waals surface area (Å²) in [5, 5.41) is 0. The Bertz CT molecular complexity index is 154. The van der Waals surface area contributed by atoms with Gasteiger partial charge in [-0.3, -0.25) is 0 Å². The zero-order valence-corrected chi connectivity index (χ0v) is 4.59. The summed E-state index contributed by atoms with van der Waals surface area (Å²) in [6.45, 7) is 2.87. The molecule has 0 aliphatic carbocycles. The standard InChI is InChI=1S/C5H5FO3/c1-3-4(6)2-8-5(7)9-3/h4H,1-2H2. The molecule has 0 radical (unpaired) electrons. The molecule has 0 aromatic carbocycles. The fourth-order valence-electron chi connectivity index (χ4n) is 0.435. The van der Waals surface area contributed by atoms with Crippen LogP contribution in [0.4, 0.5) is 9.18 Å². The molecule has 1 saturated heterocycles. The van der Waals surface area contributed by atoms with Gasteiger partial charge in [-0.05, 0) is 0 Å². The van der Waals surface area contributed by atoms with Gasteiger partial charge in [-0.1, -0.05) is 6.58 Å². The molecule has 0 bridgehead atoms. The highest BCUT2D eigenvalue weighted by atomic mass is 19.1. The van der Waals surface area contributed by atoms with E-state index in [0.29, 0.717) is 0 Å². The summed E-state index contributed by atoms with van der Waals surface area (Å²) in [6.07, 6.45) is -2.25. The van der Waals surface area contributed by atoms with Gasteiger partial charge in [0.25, 0.3) is 0 Å². The lowest BCUT2D eigenvalue weighted by atomic mass is 10.3. The van der Waals surface area contributed by atoms with Gasteiger partial charge in [-0.25, -0.2) is 9.18 Å². The minimum absolute atomic E-state index is 0.175.